The van der Waals surface area contributed by atoms with Crippen LogP contribution >= 0.6 is 0 Å². The minimum atomic E-state index is -0.994. The van der Waals surface area contributed by atoms with Crippen molar-refractivity contribution >= 4 is 17.7 Å². The Morgan fingerprint density at radius 3 is 2.18 bits per heavy atom. The minimum Gasteiger partial charge on any atom is -0.480 e. The molecule has 0 aromatic heterocycles. The standard InChI is InChI=1S/C16H23N3O3/c1-12(2)14(15(20)21)17-16(22)19-10-8-18(9-11-19)13-6-4-3-5-7-13/h3-7,12,14H,8-11H2,1-2H3,(H,17,22)(H,20,21). The summed E-state index contributed by atoms with van der Waals surface area (Å²) in [5, 5.41) is 11.7. The zero-order chi connectivity index (χ0) is 16.1. The summed E-state index contributed by atoms with van der Waals surface area (Å²) in [5.41, 5.74) is 1.15. The van der Waals surface area contributed by atoms with Gasteiger partial charge in [0, 0.05) is 31.9 Å². The van der Waals surface area contributed by atoms with E-state index in [1.165, 1.54) is 0 Å². The van der Waals surface area contributed by atoms with E-state index in [0.29, 0.717) is 13.1 Å². The van der Waals surface area contributed by atoms with Crippen LogP contribution in [-0.4, -0.2) is 54.2 Å². The van der Waals surface area contributed by atoms with E-state index in [1.54, 1.807) is 18.7 Å². The van der Waals surface area contributed by atoms with E-state index in [1.807, 2.05) is 18.2 Å². The molecule has 1 aliphatic heterocycles. The molecule has 1 saturated heterocycles. The number of para-hydroxylation sites is 1. The van der Waals surface area contributed by atoms with Gasteiger partial charge in [-0.25, -0.2) is 9.59 Å². The third-order valence-electron chi connectivity index (χ3n) is 3.90. The largest absolute Gasteiger partial charge is 0.480 e. The van der Waals surface area contributed by atoms with Crippen LogP contribution in [0.1, 0.15) is 13.8 Å². The molecule has 22 heavy (non-hydrogen) atoms. The third-order valence-corrected chi connectivity index (χ3v) is 3.90. The number of piperazine rings is 1. The monoisotopic (exact) mass is 305 g/mol. The van der Waals surface area contributed by atoms with Crippen molar-refractivity contribution in [3.63, 3.8) is 0 Å². The number of amides is 2. The number of carboxylic acid groups (broad SMARTS) is 1. The van der Waals surface area contributed by atoms with Crippen LogP contribution in [0.25, 0.3) is 0 Å². The number of carbonyl (C=O) groups is 2. The summed E-state index contributed by atoms with van der Waals surface area (Å²) in [6.07, 6.45) is 0. The Hall–Kier alpha value is -2.24. The number of benzene rings is 1. The molecule has 0 radical (unpaired) electrons. The number of carboxylic acids is 1. The summed E-state index contributed by atoms with van der Waals surface area (Å²) in [4.78, 5) is 27.2. The zero-order valence-corrected chi connectivity index (χ0v) is 13.0. The highest BCUT2D eigenvalue weighted by molar-refractivity contribution is 5.82. The van der Waals surface area contributed by atoms with Gasteiger partial charge in [-0.1, -0.05) is 32.0 Å². The maximum atomic E-state index is 12.2. The second kappa shape index (κ2) is 7.15. The Balaban J connectivity index is 1.88. The first kappa shape index (κ1) is 16.1. The number of carbonyl (C=O) groups excluding carboxylic acids is 1. The number of anilines is 1. The lowest BCUT2D eigenvalue weighted by Gasteiger charge is -2.36. The number of aliphatic carboxylic acids is 1. The lowest BCUT2D eigenvalue weighted by Crippen LogP contribution is -2.55. The van der Waals surface area contributed by atoms with Gasteiger partial charge in [0.25, 0.3) is 0 Å². The van der Waals surface area contributed by atoms with Gasteiger partial charge in [-0.2, -0.15) is 0 Å². The molecule has 2 N–H and O–H groups in total. The normalized spacial score (nSPS) is 16.5. The molecule has 1 fully saturated rings. The molecule has 1 aliphatic rings. The van der Waals surface area contributed by atoms with Crippen molar-refractivity contribution in [3.05, 3.63) is 30.3 Å². The summed E-state index contributed by atoms with van der Waals surface area (Å²) >= 11 is 0. The molecule has 1 aromatic carbocycles. The van der Waals surface area contributed by atoms with Crippen molar-refractivity contribution in [2.75, 3.05) is 31.1 Å². The van der Waals surface area contributed by atoms with Crippen LogP contribution in [0, 0.1) is 5.92 Å². The summed E-state index contributed by atoms with van der Waals surface area (Å²) in [5.74, 6) is -1.14. The van der Waals surface area contributed by atoms with Crippen molar-refractivity contribution in [1.29, 1.82) is 0 Å². The lowest BCUT2D eigenvalue weighted by molar-refractivity contribution is -0.140. The fraction of sp³-hybridized carbons (Fsp3) is 0.500. The van der Waals surface area contributed by atoms with E-state index in [-0.39, 0.29) is 11.9 Å². The quantitative estimate of drug-likeness (QED) is 0.887. The fourth-order valence-electron chi connectivity index (χ4n) is 2.54. The van der Waals surface area contributed by atoms with Gasteiger partial charge >= 0.3 is 12.0 Å². The smallest absolute Gasteiger partial charge is 0.326 e. The number of urea groups is 1. The summed E-state index contributed by atoms with van der Waals surface area (Å²) < 4.78 is 0. The molecule has 1 heterocycles. The van der Waals surface area contributed by atoms with Gasteiger partial charge in [0.1, 0.15) is 6.04 Å². The van der Waals surface area contributed by atoms with Crippen LogP contribution in [0.15, 0.2) is 30.3 Å². The van der Waals surface area contributed by atoms with Crippen LogP contribution in [0.5, 0.6) is 0 Å². The van der Waals surface area contributed by atoms with E-state index in [9.17, 15) is 9.59 Å². The molecule has 1 unspecified atom stereocenters. The van der Waals surface area contributed by atoms with Gasteiger partial charge in [-0.05, 0) is 18.1 Å². The Morgan fingerprint density at radius 2 is 1.68 bits per heavy atom. The lowest BCUT2D eigenvalue weighted by atomic mass is 10.1. The molecular weight excluding hydrogens is 282 g/mol. The Kier molecular flexibility index (Phi) is 5.25. The van der Waals surface area contributed by atoms with Crippen molar-refractivity contribution in [1.82, 2.24) is 10.2 Å². The first-order chi connectivity index (χ1) is 10.5. The first-order valence-electron chi connectivity index (χ1n) is 7.57. The van der Waals surface area contributed by atoms with Crippen LogP contribution in [0.2, 0.25) is 0 Å². The molecule has 1 aromatic rings. The van der Waals surface area contributed by atoms with E-state index < -0.39 is 12.0 Å². The summed E-state index contributed by atoms with van der Waals surface area (Å²) in [6.45, 7) is 6.24. The van der Waals surface area contributed by atoms with E-state index >= 15 is 0 Å². The van der Waals surface area contributed by atoms with Crippen LogP contribution in [0.4, 0.5) is 10.5 Å². The molecule has 2 amide bonds. The summed E-state index contributed by atoms with van der Waals surface area (Å²) in [6, 6.07) is 8.92. The zero-order valence-electron chi connectivity index (χ0n) is 13.0. The highest BCUT2D eigenvalue weighted by atomic mass is 16.4. The number of hydrogen-bond donors (Lipinski definition) is 2. The average Bonchev–Trinajstić information content (AvgIpc) is 2.52. The molecule has 0 aliphatic carbocycles. The number of nitrogens with one attached hydrogen (secondary N) is 1. The molecule has 120 valence electrons. The van der Waals surface area contributed by atoms with Crippen molar-refractivity contribution < 1.29 is 14.7 Å². The average molecular weight is 305 g/mol. The molecule has 6 nitrogen and oxygen atoms in total. The summed E-state index contributed by atoms with van der Waals surface area (Å²) in [7, 11) is 0. The number of rotatable bonds is 4. The van der Waals surface area contributed by atoms with Crippen molar-refractivity contribution in [2.45, 2.75) is 19.9 Å². The third kappa shape index (κ3) is 3.90. The Morgan fingerprint density at radius 1 is 1.09 bits per heavy atom. The second-order valence-corrected chi connectivity index (χ2v) is 5.82. The Labute approximate surface area is 130 Å². The maximum absolute atomic E-state index is 12.2. The molecule has 1 atom stereocenters. The molecule has 0 spiro atoms. The van der Waals surface area contributed by atoms with E-state index in [0.717, 1.165) is 18.8 Å². The van der Waals surface area contributed by atoms with Crippen molar-refractivity contribution in [2.24, 2.45) is 5.92 Å². The van der Waals surface area contributed by atoms with Gasteiger partial charge in [-0.3, -0.25) is 0 Å². The predicted molar refractivity (Wildman–Crippen MR) is 85.0 cm³/mol. The molecule has 0 saturated carbocycles. The van der Waals surface area contributed by atoms with Gasteiger partial charge in [0.2, 0.25) is 0 Å². The minimum absolute atomic E-state index is 0.146. The Bertz CT molecular complexity index is 511. The molecular formula is C16H23N3O3. The van der Waals surface area contributed by atoms with Crippen molar-refractivity contribution in [3.8, 4) is 0 Å². The predicted octanol–water partition coefficient (Wildman–Crippen LogP) is 1.63. The SMILES string of the molecule is CC(C)C(NC(=O)N1CCN(c2ccccc2)CC1)C(=O)O. The van der Waals surface area contributed by atoms with Gasteiger partial charge in [0.15, 0.2) is 0 Å². The fourth-order valence-corrected chi connectivity index (χ4v) is 2.54. The highest BCUT2D eigenvalue weighted by Gasteiger charge is 2.27. The number of hydrogen-bond acceptors (Lipinski definition) is 3. The number of nitrogens with zero attached hydrogens (tertiary/aromatic N) is 2. The van der Waals surface area contributed by atoms with Crippen LogP contribution in [-0.2, 0) is 4.79 Å². The van der Waals surface area contributed by atoms with E-state index in [2.05, 4.69) is 22.3 Å². The first-order valence-corrected chi connectivity index (χ1v) is 7.57. The van der Waals surface area contributed by atoms with Gasteiger partial charge in [0.05, 0.1) is 0 Å². The molecule has 2 rings (SSSR count). The van der Waals surface area contributed by atoms with Crippen LogP contribution < -0.4 is 10.2 Å². The molecule has 6 heteroatoms. The maximum Gasteiger partial charge on any atom is 0.326 e. The van der Waals surface area contributed by atoms with Gasteiger partial charge in [-0.15, -0.1) is 0 Å². The molecule has 0 bridgehead atoms. The van der Waals surface area contributed by atoms with Gasteiger partial charge < -0.3 is 20.2 Å². The van der Waals surface area contributed by atoms with Crippen LogP contribution in [0.3, 0.4) is 0 Å². The second-order valence-electron chi connectivity index (χ2n) is 5.82. The van der Waals surface area contributed by atoms with E-state index in [4.69, 9.17) is 5.11 Å². The highest BCUT2D eigenvalue weighted by Crippen LogP contribution is 2.15. The topological polar surface area (TPSA) is 72.9 Å².